The smallest absolute Gasteiger partial charge is 0.270 e. The van der Waals surface area contributed by atoms with E-state index in [1.165, 1.54) is 18.2 Å². The maximum atomic E-state index is 14.7. The van der Waals surface area contributed by atoms with Crippen LogP contribution in [-0.4, -0.2) is 66.0 Å². The Labute approximate surface area is 210 Å². The first-order valence-electron chi connectivity index (χ1n) is 12.3. The van der Waals surface area contributed by atoms with E-state index in [0.717, 1.165) is 25.0 Å². The molecule has 0 spiro atoms. The van der Waals surface area contributed by atoms with Crippen LogP contribution in [0.2, 0.25) is 0 Å². The van der Waals surface area contributed by atoms with Crippen molar-refractivity contribution in [2.24, 2.45) is 0 Å². The Morgan fingerprint density at radius 1 is 1.11 bits per heavy atom. The number of H-pyrrole nitrogens is 1. The van der Waals surface area contributed by atoms with E-state index in [0.29, 0.717) is 37.6 Å². The molecule has 196 valence electrons. The van der Waals surface area contributed by atoms with E-state index in [2.05, 4.69) is 14.9 Å². The van der Waals surface area contributed by atoms with Crippen LogP contribution in [0.5, 0.6) is 0 Å². The van der Waals surface area contributed by atoms with Gasteiger partial charge in [-0.2, -0.15) is 4.39 Å². The minimum Gasteiger partial charge on any atom is -0.365 e. The summed E-state index contributed by atoms with van der Waals surface area (Å²) < 4.78 is 53.3. The zero-order valence-corrected chi connectivity index (χ0v) is 20.0. The third-order valence-corrected chi connectivity index (χ3v) is 7.34. The standard InChI is InChI=1S/C26H27F4N5O2/c27-18-3-1-2-16-13-20(33-26(37)23(16)18)15-4-5-17(12-15)34-8-10-35(11-9-34)21-7-6-19(32-24(21)30)25(36)31-14-22(28)29/h1-3,6-7,13,15,17,22H,4-5,8-12,14H2,(H,31,36)(H,33,37)/t15-,17-/m1/s1. The lowest BCUT2D eigenvalue weighted by Gasteiger charge is -2.39. The molecular formula is C26H27F4N5O2. The van der Waals surface area contributed by atoms with Gasteiger partial charge in [0.2, 0.25) is 5.95 Å². The van der Waals surface area contributed by atoms with Gasteiger partial charge in [-0.25, -0.2) is 18.2 Å². The number of rotatable bonds is 6. The molecule has 2 aliphatic rings. The van der Waals surface area contributed by atoms with Gasteiger partial charge in [0.15, 0.2) is 0 Å². The molecule has 1 aliphatic heterocycles. The molecule has 37 heavy (non-hydrogen) atoms. The van der Waals surface area contributed by atoms with E-state index < -0.39 is 36.2 Å². The van der Waals surface area contributed by atoms with Gasteiger partial charge < -0.3 is 15.2 Å². The molecule has 3 heterocycles. The Bertz CT molecular complexity index is 1360. The molecular weight excluding hydrogens is 490 g/mol. The van der Waals surface area contributed by atoms with Gasteiger partial charge in [0.1, 0.15) is 11.5 Å². The third-order valence-electron chi connectivity index (χ3n) is 7.34. The fourth-order valence-electron chi connectivity index (χ4n) is 5.47. The second-order valence-electron chi connectivity index (χ2n) is 9.55. The van der Waals surface area contributed by atoms with Gasteiger partial charge in [-0.1, -0.05) is 12.1 Å². The summed E-state index contributed by atoms with van der Waals surface area (Å²) in [7, 11) is 0. The van der Waals surface area contributed by atoms with Crippen molar-refractivity contribution in [2.75, 3.05) is 37.6 Å². The third kappa shape index (κ3) is 5.31. The number of carbonyl (C=O) groups is 1. The summed E-state index contributed by atoms with van der Waals surface area (Å²) in [6, 6.07) is 9.63. The molecule has 1 saturated heterocycles. The second kappa shape index (κ2) is 10.5. The quantitative estimate of drug-likeness (QED) is 0.386. The molecule has 1 aromatic carbocycles. The number of carbonyl (C=O) groups excluding carboxylic acids is 1. The first kappa shape index (κ1) is 25.2. The van der Waals surface area contributed by atoms with Crippen molar-refractivity contribution in [1.82, 2.24) is 20.2 Å². The number of aromatic nitrogens is 2. The molecule has 1 aliphatic carbocycles. The maximum absolute atomic E-state index is 14.7. The Morgan fingerprint density at radius 2 is 1.89 bits per heavy atom. The van der Waals surface area contributed by atoms with Crippen molar-refractivity contribution in [3.05, 3.63) is 69.9 Å². The highest BCUT2D eigenvalue weighted by Crippen LogP contribution is 2.37. The van der Waals surface area contributed by atoms with Crippen LogP contribution < -0.4 is 15.8 Å². The van der Waals surface area contributed by atoms with Crippen molar-refractivity contribution in [1.29, 1.82) is 0 Å². The minimum absolute atomic E-state index is 0.0838. The summed E-state index contributed by atoms with van der Waals surface area (Å²) in [5, 5.41) is 2.70. The van der Waals surface area contributed by atoms with Crippen LogP contribution in [0.3, 0.4) is 0 Å². The molecule has 0 unspecified atom stereocenters. The molecule has 2 atom stereocenters. The molecule has 2 fully saturated rings. The fourth-order valence-corrected chi connectivity index (χ4v) is 5.47. The molecule has 11 heteroatoms. The average molecular weight is 518 g/mol. The van der Waals surface area contributed by atoms with E-state index in [4.69, 9.17) is 0 Å². The number of nitrogens with one attached hydrogen (secondary N) is 2. The zero-order chi connectivity index (χ0) is 26.1. The molecule has 0 bridgehead atoms. The molecule has 3 aromatic rings. The van der Waals surface area contributed by atoms with Crippen molar-refractivity contribution >= 4 is 22.4 Å². The number of aromatic amines is 1. The number of fused-ring (bicyclic) bond motifs is 1. The van der Waals surface area contributed by atoms with Crippen LogP contribution in [0.25, 0.3) is 10.8 Å². The number of benzene rings is 1. The maximum Gasteiger partial charge on any atom is 0.270 e. The monoisotopic (exact) mass is 517 g/mol. The molecule has 2 N–H and O–H groups in total. The number of amides is 1. The highest BCUT2D eigenvalue weighted by atomic mass is 19.3. The first-order chi connectivity index (χ1) is 17.8. The minimum atomic E-state index is -2.70. The van der Waals surface area contributed by atoms with Gasteiger partial charge in [0, 0.05) is 43.8 Å². The number of halogens is 4. The van der Waals surface area contributed by atoms with Crippen LogP contribution in [0.1, 0.15) is 41.4 Å². The Hall–Kier alpha value is -3.47. The van der Waals surface area contributed by atoms with Crippen molar-refractivity contribution in [2.45, 2.75) is 37.6 Å². The number of hydrogen-bond acceptors (Lipinski definition) is 5. The van der Waals surface area contributed by atoms with Crippen LogP contribution in [-0.2, 0) is 0 Å². The van der Waals surface area contributed by atoms with Crippen molar-refractivity contribution < 1.29 is 22.4 Å². The predicted octanol–water partition coefficient (Wildman–Crippen LogP) is 3.65. The molecule has 1 saturated carbocycles. The summed E-state index contributed by atoms with van der Waals surface area (Å²) in [4.78, 5) is 35.1. The summed E-state index contributed by atoms with van der Waals surface area (Å²) in [6.07, 6.45) is 0.0512. The predicted molar refractivity (Wildman–Crippen MR) is 131 cm³/mol. The lowest BCUT2D eigenvalue weighted by Crippen LogP contribution is -2.50. The number of pyridine rings is 2. The number of nitrogens with zero attached hydrogens (tertiary/aromatic N) is 3. The van der Waals surface area contributed by atoms with Gasteiger partial charge in [-0.05, 0) is 48.9 Å². The van der Waals surface area contributed by atoms with E-state index in [9.17, 15) is 27.2 Å². The number of piperazine rings is 1. The fraction of sp³-hybridized carbons (Fsp3) is 0.423. The molecule has 7 nitrogen and oxygen atoms in total. The summed E-state index contributed by atoms with van der Waals surface area (Å²) in [5.74, 6) is -2.00. The van der Waals surface area contributed by atoms with Crippen LogP contribution in [0.4, 0.5) is 23.2 Å². The lowest BCUT2D eigenvalue weighted by atomic mass is 10.00. The average Bonchev–Trinajstić information content (AvgIpc) is 3.38. The van der Waals surface area contributed by atoms with E-state index in [1.54, 1.807) is 12.1 Å². The molecule has 2 aromatic heterocycles. The van der Waals surface area contributed by atoms with E-state index in [-0.39, 0.29) is 22.7 Å². The van der Waals surface area contributed by atoms with Gasteiger partial charge in [0.25, 0.3) is 17.9 Å². The van der Waals surface area contributed by atoms with Gasteiger partial charge in [0.05, 0.1) is 17.6 Å². The Morgan fingerprint density at radius 3 is 2.62 bits per heavy atom. The number of alkyl halides is 2. The zero-order valence-electron chi connectivity index (χ0n) is 20.0. The summed E-state index contributed by atoms with van der Waals surface area (Å²) >= 11 is 0. The lowest BCUT2D eigenvalue weighted by molar-refractivity contribution is 0.0886. The normalized spacial score (nSPS) is 20.6. The van der Waals surface area contributed by atoms with Crippen molar-refractivity contribution in [3.8, 4) is 0 Å². The Kier molecular flexibility index (Phi) is 7.14. The topological polar surface area (TPSA) is 81.3 Å². The highest BCUT2D eigenvalue weighted by molar-refractivity contribution is 5.92. The van der Waals surface area contributed by atoms with Crippen LogP contribution in [0.15, 0.2) is 41.2 Å². The highest BCUT2D eigenvalue weighted by Gasteiger charge is 2.33. The summed E-state index contributed by atoms with van der Waals surface area (Å²) in [5.41, 5.74) is 0.452. The van der Waals surface area contributed by atoms with Crippen LogP contribution >= 0.6 is 0 Å². The van der Waals surface area contributed by atoms with E-state index >= 15 is 0 Å². The Balaban J connectivity index is 1.19. The second-order valence-corrected chi connectivity index (χ2v) is 9.55. The molecule has 1 amide bonds. The largest absolute Gasteiger partial charge is 0.365 e. The van der Waals surface area contributed by atoms with Gasteiger partial charge >= 0.3 is 0 Å². The SMILES string of the molecule is O=C(NCC(F)F)c1ccc(N2CCN([C@@H]3CC[C@@H](c4cc5cccc(F)c5c(=O)[nH]4)C3)CC2)c(F)n1. The van der Waals surface area contributed by atoms with Crippen LogP contribution in [0, 0.1) is 11.8 Å². The van der Waals surface area contributed by atoms with E-state index in [1.807, 2.05) is 16.3 Å². The van der Waals surface area contributed by atoms with Gasteiger partial charge in [-0.15, -0.1) is 0 Å². The van der Waals surface area contributed by atoms with Gasteiger partial charge in [-0.3, -0.25) is 14.5 Å². The van der Waals surface area contributed by atoms with Crippen molar-refractivity contribution in [3.63, 3.8) is 0 Å². The summed E-state index contributed by atoms with van der Waals surface area (Å²) in [6.45, 7) is 1.76. The number of hydrogen-bond donors (Lipinski definition) is 2. The first-order valence-corrected chi connectivity index (χ1v) is 12.3. The number of anilines is 1. The molecule has 0 radical (unpaired) electrons. The molecule has 5 rings (SSSR count).